The van der Waals surface area contributed by atoms with E-state index < -0.39 is 17.7 Å². The number of fused-ring (bicyclic) bond motifs is 1. The van der Waals surface area contributed by atoms with Crippen LogP contribution in [0.4, 0.5) is 4.39 Å². The lowest BCUT2D eigenvalue weighted by molar-refractivity contribution is 0.0596. The molecular formula is C20H16ClFN2O4. The Hall–Kier alpha value is -3.19. The zero-order valence-electron chi connectivity index (χ0n) is 15.1. The van der Waals surface area contributed by atoms with E-state index in [1.165, 1.54) is 32.4 Å². The number of hydrogen-bond acceptors (Lipinski definition) is 5. The number of amides is 1. The number of nitrogens with one attached hydrogen (secondary N) is 1. The zero-order valence-corrected chi connectivity index (χ0v) is 15.8. The third-order valence-corrected chi connectivity index (χ3v) is 4.27. The van der Waals surface area contributed by atoms with Gasteiger partial charge in [-0.2, -0.15) is 0 Å². The maximum absolute atomic E-state index is 13.3. The molecule has 28 heavy (non-hydrogen) atoms. The number of nitrogens with zero attached hydrogens (tertiary/aromatic N) is 1. The number of aromatic nitrogens is 1. The number of hydrogen-bond donors (Lipinski definition) is 1. The molecule has 1 heterocycles. The molecule has 0 saturated carbocycles. The summed E-state index contributed by atoms with van der Waals surface area (Å²) in [5, 5.41) is 3.71. The number of benzene rings is 2. The molecule has 0 bridgehead atoms. The number of ether oxygens (including phenoxy) is 2. The monoisotopic (exact) mass is 402 g/mol. The third kappa shape index (κ3) is 4.04. The van der Waals surface area contributed by atoms with Crippen molar-refractivity contribution in [1.29, 1.82) is 0 Å². The minimum atomic E-state index is -0.591. The molecule has 0 radical (unpaired) electrons. The van der Waals surface area contributed by atoms with E-state index in [-0.39, 0.29) is 23.6 Å². The van der Waals surface area contributed by atoms with Crippen LogP contribution in [0.25, 0.3) is 10.9 Å². The Labute approximate surface area is 165 Å². The van der Waals surface area contributed by atoms with E-state index in [4.69, 9.17) is 21.1 Å². The van der Waals surface area contributed by atoms with E-state index in [0.29, 0.717) is 21.5 Å². The standard InChI is InChI=1S/C20H16ClFN2O4/c1-27-19-16(20(26)28-2)9-12-6-14(21)7-13(17(12)24-19)10-23-18(25)11-4-3-5-15(22)8-11/h3-9H,10H2,1-2H3,(H,23,25). The number of methoxy groups -OCH3 is 2. The van der Waals surface area contributed by atoms with Gasteiger partial charge in [0, 0.05) is 22.5 Å². The molecule has 1 aromatic heterocycles. The summed E-state index contributed by atoms with van der Waals surface area (Å²) < 4.78 is 23.3. The van der Waals surface area contributed by atoms with Gasteiger partial charge in [-0.05, 0) is 42.0 Å². The minimum Gasteiger partial charge on any atom is -0.480 e. The van der Waals surface area contributed by atoms with Gasteiger partial charge < -0.3 is 14.8 Å². The van der Waals surface area contributed by atoms with E-state index in [9.17, 15) is 14.0 Å². The van der Waals surface area contributed by atoms with E-state index in [0.717, 1.165) is 6.07 Å². The molecular weight excluding hydrogens is 387 g/mol. The lowest BCUT2D eigenvalue weighted by Gasteiger charge is -2.12. The van der Waals surface area contributed by atoms with Gasteiger partial charge in [-0.1, -0.05) is 17.7 Å². The van der Waals surface area contributed by atoms with Crippen molar-refractivity contribution in [2.45, 2.75) is 6.54 Å². The topological polar surface area (TPSA) is 77.5 Å². The SMILES string of the molecule is COC(=O)c1cc2cc(Cl)cc(CNC(=O)c3cccc(F)c3)c2nc1OC. The fourth-order valence-electron chi connectivity index (χ4n) is 2.76. The van der Waals surface area contributed by atoms with Crippen molar-refractivity contribution in [2.24, 2.45) is 0 Å². The van der Waals surface area contributed by atoms with Crippen molar-refractivity contribution in [3.8, 4) is 5.88 Å². The van der Waals surface area contributed by atoms with Gasteiger partial charge in [0.05, 0.1) is 19.7 Å². The Morgan fingerprint density at radius 2 is 1.96 bits per heavy atom. The average Bonchev–Trinajstić information content (AvgIpc) is 2.70. The maximum atomic E-state index is 13.3. The summed E-state index contributed by atoms with van der Waals surface area (Å²) in [7, 11) is 2.65. The minimum absolute atomic E-state index is 0.0966. The first-order chi connectivity index (χ1) is 13.4. The molecule has 0 saturated heterocycles. The van der Waals surface area contributed by atoms with Crippen LogP contribution in [-0.4, -0.2) is 31.1 Å². The van der Waals surface area contributed by atoms with Crippen molar-refractivity contribution >= 4 is 34.4 Å². The van der Waals surface area contributed by atoms with Crippen molar-refractivity contribution in [1.82, 2.24) is 10.3 Å². The summed E-state index contributed by atoms with van der Waals surface area (Å²) in [6.07, 6.45) is 0. The van der Waals surface area contributed by atoms with Gasteiger partial charge in [0.2, 0.25) is 5.88 Å². The molecule has 144 valence electrons. The van der Waals surface area contributed by atoms with E-state index in [2.05, 4.69) is 10.3 Å². The normalized spacial score (nSPS) is 10.6. The Bertz CT molecular complexity index is 1070. The Balaban J connectivity index is 1.96. The lowest BCUT2D eigenvalue weighted by Crippen LogP contribution is -2.23. The van der Waals surface area contributed by atoms with Gasteiger partial charge >= 0.3 is 5.97 Å². The third-order valence-electron chi connectivity index (χ3n) is 4.05. The number of pyridine rings is 1. The maximum Gasteiger partial charge on any atom is 0.343 e. The van der Waals surface area contributed by atoms with Crippen LogP contribution in [0.5, 0.6) is 5.88 Å². The lowest BCUT2D eigenvalue weighted by atomic mass is 10.1. The van der Waals surface area contributed by atoms with Crippen LogP contribution in [0.2, 0.25) is 5.02 Å². The van der Waals surface area contributed by atoms with Crippen LogP contribution in [0.15, 0.2) is 42.5 Å². The molecule has 3 aromatic rings. The molecule has 3 rings (SSSR count). The smallest absolute Gasteiger partial charge is 0.343 e. The summed E-state index contributed by atoms with van der Waals surface area (Å²) in [6.45, 7) is 0.0974. The van der Waals surface area contributed by atoms with Crippen LogP contribution in [-0.2, 0) is 11.3 Å². The number of halogens is 2. The van der Waals surface area contributed by atoms with Gasteiger partial charge in [0.25, 0.3) is 5.91 Å². The van der Waals surface area contributed by atoms with Gasteiger partial charge in [0.15, 0.2) is 0 Å². The molecule has 1 amide bonds. The highest BCUT2D eigenvalue weighted by atomic mass is 35.5. The summed E-state index contributed by atoms with van der Waals surface area (Å²) in [4.78, 5) is 28.6. The fourth-order valence-corrected chi connectivity index (χ4v) is 3.01. The van der Waals surface area contributed by atoms with Gasteiger partial charge in [-0.3, -0.25) is 4.79 Å². The highest BCUT2D eigenvalue weighted by Gasteiger charge is 2.18. The Morgan fingerprint density at radius 3 is 2.64 bits per heavy atom. The largest absolute Gasteiger partial charge is 0.480 e. The highest BCUT2D eigenvalue weighted by Crippen LogP contribution is 2.28. The van der Waals surface area contributed by atoms with E-state index in [1.807, 2.05) is 0 Å². The number of carbonyl (C=O) groups is 2. The van der Waals surface area contributed by atoms with Crippen LogP contribution < -0.4 is 10.1 Å². The number of rotatable bonds is 5. The second-order valence-corrected chi connectivity index (χ2v) is 6.30. The van der Waals surface area contributed by atoms with Crippen molar-refractivity contribution in [3.05, 3.63) is 70.0 Å². The molecule has 0 unspecified atom stereocenters. The Kier molecular flexibility index (Phi) is 5.75. The van der Waals surface area contributed by atoms with Crippen molar-refractivity contribution in [3.63, 3.8) is 0 Å². The van der Waals surface area contributed by atoms with Gasteiger partial charge in [-0.25, -0.2) is 14.2 Å². The summed E-state index contributed by atoms with van der Waals surface area (Å²) >= 11 is 6.18. The molecule has 0 aliphatic heterocycles. The van der Waals surface area contributed by atoms with Crippen LogP contribution >= 0.6 is 11.6 Å². The quantitative estimate of drug-likeness (QED) is 0.657. The number of carbonyl (C=O) groups excluding carboxylic acids is 2. The predicted molar refractivity (Wildman–Crippen MR) is 102 cm³/mol. The van der Waals surface area contributed by atoms with Crippen LogP contribution in [0.3, 0.4) is 0 Å². The molecule has 0 spiro atoms. The Morgan fingerprint density at radius 1 is 1.18 bits per heavy atom. The molecule has 0 fully saturated rings. The molecule has 0 aliphatic carbocycles. The molecule has 0 aliphatic rings. The first-order valence-electron chi connectivity index (χ1n) is 8.22. The molecule has 0 atom stereocenters. The van der Waals surface area contributed by atoms with Crippen molar-refractivity contribution in [2.75, 3.05) is 14.2 Å². The van der Waals surface area contributed by atoms with Crippen molar-refractivity contribution < 1.29 is 23.5 Å². The number of esters is 1. The first kappa shape index (κ1) is 19.6. The van der Waals surface area contributed by atoms with E-state index in [1.54, 1.807) is 18.2 Å². The van der Waals surface area contributed by atoms with Crippen LogP contribution in [0, 0.1) is 5.82 Å². The zero-order chi connectivity index (χ0) is 20.3. The fraction of sp³-hybridized carbons (Fsp3) is 0.150. The predicted octanol–water partition coefficient (Wildman–Crippen LogP) is 3.75. The molecule has 6 nitrogen and oxygen atoms in total. The molecule has 2 aromatic carbocycles. The van der Waals surface area contributed by atoms with Crippen LogP contribution in [0.1, 0.15) is 26.3 Å². The summed E-state index contributed by atoms with van der Waals surface area (Å²) in [5.41, 5.74) is 1.48. The van der Waals surface area contributed by atoms with Gasteiger partial charge in [0.1, 0.15) is 11.4 Å². The average molecular weight is 403 g/mol. The molecule has 8 heteroatoms. The summed E-state index contributed by atoms with van der Waals surface area (Å²) in [5.74, 6) is -1.43. The van der Waals surface area contributed by atoms with Gasteiger partial charge in [-0.15, -0.1) is 0 Å². The highest BCUT2D eigenvalue weighted by molar-refractivity contribution is 6.31. The van der Waals surface area contributed by atoms with E-state index >= 15 is 0 Å². The second-order valence-electron chi connectivity index (χ2n) is 5.87. The molecule has 1 N–H and O–H groups in total. The first-order valence-corrected chi connectivity index (χ1v) is 8.60. The summed E-state index contributed by atoms with van der Waals surface area (Å²) in [6, 6.07) is 10.2. The second kappa shape index (κ2) is 8.22.